The number of nitrogens with two attached hydrogens (primary N) is 1. The highest BCUT2D eigenvalue weighted by molar-refractivity contribution is 5.39. The van der Waals surface area contributed by atoms with Crippen LogP contribution in [0.3, 0.4) is 0 Å². The molecule has 2 aromatic rings. The summed E-state index contributed by atoms with van der Waals surface area (Å²) in [7, 11) is 0. The van der Waals surface area contributed by atoms with E-state index in [1.807, 2.05) is 6.92 Å². The quantitative estimate of drug-likeness (QED) is 0.684. The van der Waals surface area contributed by atoms with Crippen LogP contribution in [0, 0.1) is 6.92 Å². The van der Waals surface area contributed by atoms with Crippen molar-refractivity contribution in [3.05, 3.63) is 29.8 Å². The third kappa shape index (κ3) is 2.22. The molecule has 0 saturated heterocycles. The van der Waals surface area contributed by atoms with Crippen molar-refractivity contribution in [1.82, 2.24) is 20.2 Å². The predicted molar refractivity (Wildman–Crippen MR) is 57.1 cm³/mol. The maximum Gasteiger partial charge on any atom is 0.147 e. The number of hydrogen-bond donors (Lipinski definition) is 3. The molecular formula is C9H12N6. The van der Waals surface area contributed by atoms with Crippen molar-refractivity contribution >= 4 is 11.6 Å². The SMILES string of the molecule is Cc1[nH]ncc1CNc1cncc(N)n1. The van der Waals surface area contributed by atoms with Gasteiger partial charge < -0.3 is 11.1 Å². The smallest absolute Gasteiger partial charge is 0.147 e. The first-order valence-electron chi connectivity index (χ1n) is 4.56. The molecule has 0 unspecified atom stereocenters. The normalized spacial score (nSPS) is 10.2. The summed E-state index contributed by atoms with van der Waals surface area (Å²) in [5.41, 5.74) is 7.64. The van der Waals surface area contributed by atoms with Gasteiger partial charge in [-0.25, -0.2) is 4.98 Å². The molecule has 2 aromatic heterocycles. The van der Waals surface area contributed by atoms with Gasteiger partial charge in [0.15, 0.2) is 0 Å². The van der Waals surface area contributed by atoms with Gasteiger partial charge in [0.1, 0.15) is 11.6 Å². The fraction of sp³-hybridized carbons (Fsp3) is 0.222. The van der Waals surface area contributed by atoms with Gasteiger partial charge >= 0.3 is 0 Å². The van der Waals surface area contributed by atoms with Crippen molar-refractivity contribution < 1.29 is 0 Å². The molecular weight excluding hydrogens is 192 g/mol. The average Bonchev–Trinajstić information content (AvgIpc) is 2.61. The number of nitrogen functional groups attached to an aromatic ring is 1. The lowest BCUT2D eigenvalue weighted by molar-refractivity contribution is 1.04. The molecule has 15 heavy (non-hydrogen) atoms. The first-order chi connectivity index (χ1) is 7.25. The Hall–Kier alpha value is -2.11. The maximum atomic E-state index is 5.51. The number of nitrogens with zero attached hydrogens (tertiary/aromatic N) is 3. The van der Waals surface area contributed by atoms with Crippen LogP contribution >= 0.6 is 0 Å². The molecule has 2 rings (SSSR count). The molecule has 0 amide bonds. The molecule has 0 fully saturated rings. The van der Waals surface area contributed by atoms with E-state index >= 15 is 0 Å². The molecule has 78 valence electrons. The van der Waals surface area contributed by atoms with Crippen molar-refractivity contribution in [3.63, 3.8) is 0 Å². The van der Waals surface area contributed by atoms with Gasteiger partial charge in [0, 0.05) is 17.8 Å². The summed E-state index contributed by atoms with van der Waals surface area (Å²) >= 11 is 0. The largest absolute Gasteiger partial charge is 0.382 e. The molecule has 0 aliphatic rings. The summed E-state index contributed by atoms with van der Waals surface area (Å²) in [6.45, 7) is 2.62. The van der Waals surface area contributed by atoms with Crippen LogP contribution in [0.2, 0.25) is 0 Å². The molecule has 0 aromatic carbocycles. The average molecular weight is 204 g/mol. The summed E-state index contributed by atoms with van der Waals surface area (Å²) in [5, 5.41) is 9.91. The second-order valence-electron chi connectivity index (χ2n) is 3.20. The first-order valence-corrected chi connectivity index (χ1v) is 4.56. The zero-order valence-corrected chi connectivity index (χ0v) is 8.36. The molecule has 0 bridgehead atoms. The van der Waals surface area contributed by atoms with E-state index < -0.39 is 0 Å². The van der Waals surface area contributed by atoms with E-state index in [1.54, 1.807) is 12.4 Å². The lowest BCUT2D eigenvalue weighted by Gasteiger charge is -2.04. The maximum absolute atomic E-state index is 5.51. The molecule has 4 N–H and O–H groups in total. The molecule has 0 spiro atoms. The summed E-state index contributed by atoms with van der Waals surface area (Å²) in [6.07, 6.45) is 4.92. The van der Waals surface area contributed by atoms with E-state index in [4.69, 9.17) is 5.73 Å². The fourth-order valence-corrected chi connectivity index (χ4v) is 1.21. The van der Waals surface area contributed by atoms with E-state index in [9.17, 15) is 0 Å². The van der Waals surface area contributed by atoms with Crippen molar-refractivity contribution in [2.24, 2.45) is 0 Å². The van der Waals surface area contributed by atoms with E-state index in [-0.39, 0.29) is 0 Å². The first kappa shape index (κ1) is 9.45. The van der Waals surface area contributed by atoms with E-state index in [0.717, 1.165) is 11.3 Å². The number of rotatable bonds is 3. The Morgan fingerprint density at radius 2 is 2.27 bits per heavy atom. The van der Waals surface area contributed by atoms with E-state index in [0.29, 0.717) is 18.2 Å². The number of H-pyrrole nitrogens is 1. The van der Waals surface area contributed by atoms with Crippen LogP contribution in [-0.2, 0) is 6.54 Å². The van der Waals surface area contributed by atoms with Gasteiger partial charge in [0.05, 0.1) is 18.6 Å². The molecule has 2 heterocycles. The van der Waals surface area contributed by atoms with Crippen LogP contribution in [0.5, 0.6) is 0 Å². The van der Waals surface area contributed by atoms with Crippen molar-refractivity contribution in [3.8, 4) is 0 Å². The van der Waals surface area contributed by atoms with Crippen molar-refractivity contribution in [2.75, 3.05) is 11.1 Å². The number of anilines is 2. The fourth-order valence-electron chi connectivity index (χ4n) is 1.21. The molecule has 0 aliphatic carbocycles. The zero-order valence-electron chi connectivity index (χ0n) is 8.36. The highest BCUT2D eigenvalue weighted by Gasteiger charge is 2.00. The number of aromatic nitrogens is 4. The summed E-state index contributed by atoms with van der Waals surface area (Å²) in [5.74, 6) is 1.07. The minimum Gasteiger partial charge on any atom is -0.382 e. The minimum atomic E-state index is 0.406. The van der Waals surface area contributed by atoms with Gasteiger partial charge in [0.2, 0.25) is 0 Å². The second-order valence-corrected chi connectivity index (χ2v) is 3.20. The van der Waals surface area contributed by atoms with Crippen LogP contribution < -0.4 is 11.1 Å². The highest BCUT2D eigenvalue weighted by Crippen LogP contribution is 2.07. The van der Waals surface area contributed by atoms with Gasteiger partial charge in [-0.1, -0.05) is 0 Å². The van der Waals surface area contributed by atoms with Crippen LogP contribution in [0.1, 0.15) is 11.3 Å². The van der Waals surface area contributed by atoms with Gasteiger partial charge in [-0.15, -0.1) is 0 Å². The van der Waals surface area contributed by atoms with E-state index in [2.05, 4.69) is 25.5 Å². The third-order valence-corrected chi connectivity index (χ3v) is 2.05. The molecule has 0 atom stereocenters. The lowest BCUT2D eigenvalue weighted by Crippen LogP contribution is -2.03. The second kappa shape index (κ2) is 3.95. The minimum absolute atomic E-state index is 0.406. The van der Waals surface area contributed by atoms with Crippen molar-refractivity contribution in [1.29, 1.82) is 0 Å². The van der Waals surface area contributed by atoms with Crippen LogP contribution in [0.4, 0.5) is 11.6 Å². The number of aryl methyl sites for hydroxylation is 1. The Morgan fingerprint density at radius 3 is 2.93 bits per heavy atom. The molecule has 6 heteroatoms. The highest BCUT2D eigenvalue weighted by atomic mass is 15.1. The van der Waals surface area contributed by atoms with Crippen LogP contribution in [0.25, 0.3) is 0 Å². The Kier molecular flexibility index (Phi) is 2.49. The van der Waals surface area contributed by atoms with Crippen molar-refractivity contribution in [2.45, 2.75) is 13.5 Å². The van der Waals surface area contributed by atoms with Gasteiger partial charge in [-0.3, -0.25) is 10.1 Å². The lowest BCUT2D eigenvalue weighted by atomic mass is 10.3. The van der Waals surface area contributed by atoms with Crippen LogP contribution in [-0.4, -0.2) is 20.2 Å². The molecule has 0 saturated carbocycles. The summed E-state index contributed by atoms with van der Waals surface area (Å²) in [4.78, 5) is 8.01. The number of hydrogen-bond acceptors (Lipinski definition) is 5. The predicted octanol–water partition coefficient (Wildman–Crippen LogP) is 0.702. The summed E-state index contributed by atoms with van der Waals surface area (Å²) < 4.78 is 0. The molecule has 0 aliphatic heterocycles. The van der Waals surface area contributed by atoms with Gasteiger partial charge in [-0.05, 0) is 6.92 Å². The van der Waals surface area contributed by atoms with E-state index in [1.165, 1.54) is 6.20 Å². The Bertz CT molecular complexity index is 449. The van der Waals surface area contributed by atoms with Crippen LogP contribution in [0.15, 0.2) is 18.6 Å². The van der Waals surface area contributed by atoms with Gasteiger partial charge in [-0.2, -0.15) is 5.10 Å². The Labute approximate surface area is 86.9 Å². The zero-order chi connectivity index (χ0) is 10.7. The summed E-state index contributed by atoms with van der Waals surface area (Å²) in [6, 6.07) is 0. The number of aromatic amines is 1. The van der Waals surface area contributed by atoms with Gasteiger partial charge in [0.25, 0.3) is 0 Å². The Morgan fingerprint density at radius 1 is 1.40 bits per heavy atom. The molecule has 6 nitrogen and oxygen atoms in total. The Balaban J connectivity index is 2.02. The molecule has 0 radical (unpaired) electrons. The third-order valence-electron chi connectivity index (χ3n) is 2.05. The standard InChI is InChI=1S/C9H12N6/c1-6-7(3-13-15-6)2-12-9-5-11-4-8(10)14-9/h3-5H,2H2,1H3,(H,13,15)(H3,10,12,14). The number of nitrogens with one attached hydrogen (secondary N) is 2. The monoisotopic (exact) mass is 204 g/mol. The topological polar surface area (TPSA) is 92.5 Å².